The van der Waals surface area contributed by atoms with E-state index >= 15 is 0 Å². The summed E-state index contributed by atoms with van der Waals surface area (Å²) in [7, 11) is 0. The standard InChI is InChI=1S/C17H17ClN2/c1-12(2)20-15-11-7-6-10-14(15)19-17(20)16(18)13-8-4-3-5-9-13/h3-12,16H,1-2H3. The molecule has 0 saturated heterocycles. The smallest absolute Gasteiger partial charge is 0.132 e. The third-order valence-electron chi connectivity index (χ3n) is 3.46. The third kappa shape index (κ3) is 2.20. The first-order chi connectivity index (χ1) is 9.68. The molecule has 2 aromatic carbocycles. The number of para-hydroxylation sites is 2. The summed E-state index contributed by atoms with van der Waals surface area (Å²) in [5, 5.41) is -0.231. The molecule has 0 radical (unpaired) electrons. The number of hydrogen-bond acceptors (Lipinski definition) is 1. The van der Waals surface area contributed by atoms with E-state index < -0.39 is 0 Å². The Labute approximate surface area is 124 Å². The summed E-state index contributed by atoms with van der Waals surface area (Å²) in [6.07, 6.45) is 0. The van der Waals surface area contributed by atoms with E-state index in [1.165, 1.54) is 0 Å². The maximum absolute atomic E-state index is 6.67. The zero-order chi connectivity index (χ0) is 14.1. The fourth-order valence-electron chi connectivity index (χ4n) is 2.56. The van der Waals surface area contributed by atoms with Gasteiger partial charge in [-0.3, -0.25) is 0 Å². The molecule has 102 valence electrons. The van der Waals surface area contributed by atoms with Crippen molar-refractivity contribution in [2.24, 2.45) is 0 Å². The Kier molecular flexibility index (Phi) is 3.49. The van der Waals surface area contributed by atoms with Crippen molar-refractivity contribution in [3.05, 3.63) is 66.0 Å². The van der Waals surface area contributed by atoms with E-state index in [-0.39, 0.29) is 5.38 Å². The molecule has 0 aliphatic carbocycles. The Morgan fingerprint density at radius 1 is 0.950 bits per heavy atom. The molecule has 3 rings (SSSR count). The lowest BCUT2D eigenvalue weighted by Crippen LogP contribution is -2.09. The molecule has 0 saturated carbocycles. The van der Waals surface area contributed by atoms with Gasteiger partial charge >= 0.3 is 0 Å². The summed E-state index contributed by atoms with van der Waals surface area (Å²) in [5.41, 5.74) is 3.21. The van der Waals surface area contributed by atoms with Crippen molar-refractivity contribution in [1.82, 2.24) is 9.55 Å². The minimum absolute atomic E-state index is 0.231. The number of imidazole rings is 1. The number of benzene rings is 2. The van der Waals surface area contributed by atoms with Crippen molar-refractivity contribution < 1.29 is 0 Å². The van der Waals surface area contributed by atoms with Crippen LogP contribution in [0.3, 0.4) is 0 Å². The molecule has 0 amide bonds. The number of hydrogen-bond donors (Lipinski definition) is 0. The van der Waals surface area contributed by atoms with Crippen LogP contribution in [0, 0.1) is 0 Å². The molecule has 0 spiro atoms. The van der Waals surface area contributed by atoms with Crippen LogP contribution in [0.5, 0.6) is 0 Å². The summed E-state index contributed by atoms with van der Waals surface area (Å²) in [5.74, 6) is 0.911. The second-order valence-corrected chi connectivity index (χ2v) is 5.63. The number of aromatic nitrogens is 2. The number of rotatable bonds is 3. The average molecular weight is 285 g/mol. The van der Waals surface area contributed by atoms with Crippen LogP contribution in [0.1, 0.15) is 36.7 Å². The molecular formula is C17H17ClN2. The highest BCUT2D eigenvalue weighted by atomic mass is 35.5. The van der Waals surface area contributed by atoms with Gasteiger partial charge in [0.2, 0.25) is 0 Å². The van der Waals surface area contributed by atoms with Crippen LogP contribution in [-0.4, -0.2) is 9.55 Å². The van der Waals surface area contributed by atoms with Crippen LogP contribution in [0.4, 0.5) is 0 Å². The quantitative estimate of drug-likeness (QED) is 0.623. The summed E-state index contributed by atoms with van der Waals surface area (Å²) in [4.78, 5) is 4.74. The lowest BCUT2D eigenvalue weighted by Gasteiger charge is -2.16. The maximum atomic E-state index is 6.67. The summed E-state index contributed by atoms with van der Waals surface area (Å²) in [6.45, 7) is 4.32. The first kappa shape index (κ1) is 13.2. The largest absolute Gasteiger partial charge is 0.324 e. The molecule has 3 heteroatoms. The molecule has 0 aliphatic heterocycles. The van der Waals surface area contributed by atoms with Crippen molar-refractivity contribution in [1.29, 1.82) is 0 Å². The van der Waals surface area contributed by atoms with Gasteiger partial charge in [-0.05, 0) is 31.5 Å². The third-order valence-corrected chi connectivity index (χ3v) is 3.91. The molecule has 1 heterocycles. The fraction of sp³-hybridized carbons (Fsp3) is 0.235. The van der Waals surface area contributed by atoms with Crippen LogP contribution >= 0.6 is 11.6 Å². The van der Waals surface area contributed by atoms with Gasteiger partial charge in [0.25, 0.3) is 0 Å². The van der Waals surface area contributed by atoms with Gasteiger partial charge in [-0.25, -0.2) is 4.98 Å². The zero-order valence-corrected chi connectivity index (χ0v) is 12.4. The predicted molar refractivity (Wildman–Crippen MR) is 84.3 cm³/mol. The number of alkyl halides is 1. The molecule has 0 bridgehead atoms. The van der Waals surface area contributed by atoms with Crippen LogP contribution in [0.2, 0.25) is 0 Å². The Hall–Kier alpha value is -1.80. The predicted octanol–water partition coefficient (Wildman–Crippen LogP) is 4.95. The van der Waals surface area contributed by atoms with Gasteiger partial charge in [-0.1, -0.05) is 42.5 Å². The highest BCUT2D eigenvalue weighted by Gasteiger charge is 2.20. The number of halogens is 1. The van der Waals surface area contributed by atoms with Gasteiger partial charge in [0.05, 0.1) is 11.0 Å². The summed E-state index contributed by atoms with van der Waals surface area (Å²) in [6, 6.07) is 18.6. The Morgan fingerprint density at radius 2 is 1.60 bits per heavy atom. The molecule has 0 aliphatic rings. The van der Waals surface area contributed by atoms with E-state index in [2.05, 4.69) is 24.5 Å². The van der Waals surface area contributed by atoms with E-state index in [4.69, 9.17) is 16.6 Å². The van der Waals surface area contributed by atoms with E-state index in [0.29, 0.717) is 6.04 Å². The number of fused-ring (bicyclic) bond motifs is 1. The second kappa shape index (κ2) is 5.29. The van der Waals surface area contributed by atoms with Crippen molar-refractivity contribution >= 4 is 22.6 Å². The van der Waals surface area contributed by atoms with E-state index in [0.717, 1.165) is 22.4 Å². The molecule has 0 N–H and O–H groups in total. The van der Waals surface area contributed by atoms with Gasteiger partial charge in [0, 0.05) is 6.04 Å². The van der Waals surface area contributed by atoms with Crippen LogP contribution in [0.15, 0.2) is 54.6 Å². The average Bonchev–Trinajstić information content (AvgIpc) is 2.86. The highest BCUT2D eigenvalue weighted by molar-refractivity contribution is 6.22. The lowest BCUT2D eigenvalue weighted by molar-refractivity contribution is 0.588. The molecule has 20 heavy (non-hydrogen) atoms. The zero-order valence-electron chi connectivity index (χ0n) is 11.6. The fourth-order valence-corrected chi connectivity index (χ4v) is 2.86. The lowest BCUT2D eigenvalue weighted by atomic mass is 10.1. The molecule has 3 aromatic rings. The first-order valence-electron chi connectivity index (χ1n) is 6.84. The molecule has 0 fully saturated rings. The van der Waals surface area contributed by atoms with Crippen molar-refractivity contribution in [2.75, 3.05) is 0 Å². The van der Waals surface area contributed by atoms with Gasteiger partial charge in [-0.2, -0.15) is 0 Å². The molecular weight excluding hydrogens is 268 g/mol. The van der Waals surface area contributed by atoms with Gasteiger partial charge in [0.15, 0.2) is 0 Å². The monoisotopic (exact) mass is 284 g/mol. The van der Waals surface area contributed by atoms with Crippen molar-refractivity contribution in [3.8, 4) is 0 Å². The summed E-state index contributed by atoms with van der Waals surface area (Å²) >= 11 is 6.67. The summed E-state index contributed by atoms with van der Waals surface area (Å²) < 4.78 is 2.22. The normalized spacial score (nSPS) is 13.0. The SMILES string of the molecule is CC(C)n1c(C(Cl)c2ccccc2)nc2ccccc21. The minimum Gasteiger partial charge on any atom is -0.324 e. The van der Waals surface area contributed by atoms with E-state index in [9.17, 15) is 0 Å². The Morgan fingerprint density at radius 3 is 2.30 bits per heavy atom. The van der Waals surface area contributed by atoms with Crippen LogP contribution < -0.4 is 0 Å². The van der Waals surface area contributed by atoms with Gasteiger partial charge in [0.1, 0.15) is 11.2 Å². The molecule has 2 nitrogen and oxygen atoms in total. The molecule has 1 unspecified atom stereocenters. The van der Waals surface area contributed by atoms with Crippen molar-refractivity contribution in [3.63, 3.8) is 0 Å². The molecule has 1 atom stereocenters. The van der Waals surface area contributed by atoms with Crippen LogP contribution in [-0.2, 0) is 0 Å². The Bertz CT molecular complexity index is 716. The highest BCUT2D eigenvalue weighted by Crippen LogP contribution is 2.32. The van der Waals surface area contributed by atoms with Gasteiger partial charge in [-0.15, -0.1) is 11.6 Å². The van der Waals surface area contributed by atoms with Crippen molar-refractivity contribution in [2.45, 2.75) is 25.3 Å². The second-order valence-electron chi connectivity index (χ2n) is 5.20. The Balaban J connectivity index is 2.18. The first-order valence-corrected chi connectivity index (χ1v) is 7.28. The van der Waals surface area contributed by atoms with E-state index in [1.807, 2.05) is 48.5 Å². The molecule has 1 aromatic heterocycles. The van der Waals surface area contributed by atoms with Gasteiger partial charge < -0.3 is 4.57 Å². The maximum Gasteiger partial charge on any atom is 0.132 e. The minimum atomic E-state index is -0.231. The van der Waals surface area contributed by atoms with E-state index in [1.54, 1.807) is 0 Å². The number of nitrogens with zero attached hydrogens (tertiary/aromatic N) is 2. The van der Waals surface area contributed by atoms with Crippen LogP contribution in [0.25, 0.3) is 11.0 Å². The topological polar surface area (TPSA) is 17.8 Å².